The maximum absolute atomic E-state index is 5.59. The molecule has 0 saturated carbocycles. The lowest BCUT2D eigenvalue weighted by Crippen LogP contribution is -2.46. The second kappa shape index (κ2) is 7.71. The van der Waals surface area contributed by atoms with E-state index in [4.69, 9.17) is 9.72 Å². The smallest absolute Gasteiger partial charge is 0.120 e. The van der Waals surface area contributed by atoms with Crippen molar-refractivity contribution in [2.24, 2.45) is 0 Å². The average Bonchev–Trinajstić information content (AvgIpc) is 3.17. The molecule has 25 heavy (non-hydrogen) atoms. The van der Waals surface area contributed by atoms with E-state index in [-0.39, 0.29) is 0 Å². The maximum atomic E-state index is 5.59. The second-order valence-corrected chi connectivity index (χ2v) is 7.36. The molecule has 0 radical (unpaired) electrons. The van der Waals surface area contributed by atoms with Gasteiger partial charge in [0.25, 0.3) is 0 Å². The fourth-order valence-electron chi connectivity index (χ4n) is 4.30. The summed E-state index contributed by atoms with van der Waals surface area (Å²) < 4.78 is 5.59. The highest BCUT2D eigenvalue weighted by Crippen LogP contribution is 2.23. The quantitative estimate of drug-likeness (QED) is 0.830. The van der Waals surface area contributed by atoms with Crippen molar-refractivity contribution in [1.29, 1.82) is 0 Å². The van der Waals surface area contributed by atoms with Crippen LogP contribution >= 0.6 is 0 Å². The predicted molar refractivity (Wildman–Crippen MR) is 102 cm³/mol. The molecule has 4 nitrogen and oxygen atoms in total. The molecule has 2 saturated heterocycles. The van der Waals surface area contributed by atoms with Crippen LogP contribution in [0, 0.1) is 0 Å². The molecule has 4 heteroatoms. The number of ether oxygens (including phenoxy) is 1. The SMILES string of the molecule is CCOc1ccc2nc(CN3CCCC(N4CCCC4)C3)ccc2c1. The summed E-state index contributed by atoms with van der Waals surface area (Å²) in [6, 6.07) is 11.3. The molecule has 134 valence electrons. The van der Waals surface area contributed by atoms with Crippen LogP contribution in [-0.4, -0.2) is 53.6 Å². The fourth-order valence-corrected chi connectivity index (χ4v) is 4.30. The molecule has 1 unspecified atom stereocenters. The number of hydrogen-bond acceptors (Lipinski definition) is 4. The van der Waals surface area contributed by atoms with Crippen LogP contribution in [0.15, 0.2) is 30.3 Å². The molecule has 2 fully saturated rings. The van der Waals surface area contributed by atoms with Crippen LogP contribution in [0.4, 0.5) is 0 Å². The molecule has 1 aromatic heterocycles. The van der Waals surface area contributed by atoms with Crippen LogP contribution in [-0.2, 0) is 6.54 Å². The molecule has 2 aliphatic heterocycles. The number of nitrogens with zero attached hydrogens (tertiary/aromatic N) is 3. The molecular weight excluding hydrogens is 310 g/mol. The first-order chi connectivity index (χ1) is 12.3. The second-order valence-electron chi connectivity index (χ2n) is 7.36. The monoisotopic (exact) mass is 339 g/mol. The normalized spacial score (nSPS) is 22.5. The third-order valence-electron chi connectivity index (χ3n) is 5.55. The highest BCUT2D eigenvalue weighted by molar-refractivity contribution is 5.80. The van der Waals surface area contributed by atoms with Gasteiger partial charge in [0, 0.05) is 24.5 Å². The summed E-state index contributed by atoms with van der Waals surface area (Å²) >= 11 is 0. The van der Waals surface area contributed by atoms with Crippen molar-refractivity contribution in [2.75, 3.05) is 32.8 Å². The number of rotatable bonds is 5. The Bertz CT molecular complexity index is 711. The molecule has 1 atom stereocenters. The third kappa shape index (κ3) is 3.96. The summed E-state index contributed by atoms with van der Waals surface area (Å²) in [5.41, 5.74) is 2.24. The van der Waals surface area contributed by atoms with Gasteiger partial charge in [-0.3, -0.25) is 14.8 Å². The molecule has 0 N–H and O–H groups in total. The van der Waals surface area contributed by atoms with Gasteiger partial charge in [0.2, 0.25) is 0 Å². The minimum Gasteiger partial charge on any atom is -0.494 e. The van der Waals surface area contributed by atoms with Gasteiger partial charge in [-0.05, 0) is 76.5 Å². The van der Waals surface area contributed by atoms with Gasteiger partial charge in [0.05, 0.1) is 17.8 Å². The highest BCUT2D eigenvalue weighted by Gasteiger charge is 2.27. The minimum absolute atomic E-state index is 0.699. The summed E-state index contributed by atoms with van der Waals surface area (Å²) in [6.45, 7) is 8.68. The van der Waals surface area contributed by atoms with Crippen LogP contribution in [0.1, 0.15) is 38.3 Å². The zero-order chi connectivity index (χ0) is 17.1. The number of piperidine rings is 1. The number of hydrogen-bond donors (Lipinski definition) is 0. The molecule has 2 aliphatic rings. The Hall–Kier alpha value is -1.65. The lowest BCUT2D eigenvalue weighted by atomic mass is 10.0. The Morgan fingerprint density at radius 2 is 1.96 bits per heavy atom. The molecule has 3 heterocycles. The van der Waals surface area contributed by atoms with Gasteiger partial charge < -0.3 is 4.74 Å². The van der Waals surface area contributed by atoms with Crippen molar-refractivity contribution in [3.05, 3.63) is 36.0 Å². The van der Waals surface area contributed by atoms with Gasteiger partial charge in [0.1, 0.15) is 5.75 Å². The van der Waals surface area contributed by atoms with E-state index in [9.17, 15) is 0 Å². The predicted octanol–water partition coefficient (Wildman–Crippen LogP) is 3.69. The first-order valence-corrected chi connectivity index (χ1v) is 9.81. The molecular formula is C21H29N3O. The van der Waals surface area contributed by atoms with Crippen LogP contribution in [0.3, 0.4) is 0 Å². The minimum atomic E-state index is 0.699. The van der Waals surface area contributed by atoms with Gasteiger partial charge in [-0.25, -0.2) is 0 Å². The first-order valence-electron chi connectivity index (χ1n) is 9.81. The maximum Gasteiger partial charge on any atom is 0.120 e. The summed E-state index contributed by atoms with van der Waals surface area (Å²) in [5.74, 6) is 0.925. The van der Waals surface area contributed by atoms with Crippen LogP contribution < -0.4 is 4.74 Å². The van der Waals surface area contributed by atoms with E-state index in [0.29, 0.717) is 6.61 Å². The largest absolute Gasteiger partial charge is 0.494 e. The number of fused-ring (bicyclic) bond motifs is 1. The number of aromatic nitrogens is 1. The first kappa shape index (κ1) is 16.8. The molecule has 0 bridgehead atoms. The van der Waals surface area contributed by atoms with Crippen molar-refractivity contribution >= 4 is 10.9 Å². The van der Waals surface area contributed by atoms with Gasteiger partial charge in [0.15, 0.2) is 0 Å². The topological polar surface area (TPSA) is 28.6 Å². The van der Waals surface area contributed by atoms with Crippen molar-refractivity contribution in [3.8, 4) is 5.75 Å². The lowest BCUT2D eigenvalue weighted by molar-refractivity contribution is 0.110. The molecule has 2 aromatic rings. The van der Waals surface area contributed by atoms with Gasteiger partial charge in [-0.15, -0.1) is 0 Å². The zero-order valence-electron chi connectivity index (χ0n) is 15.3. The van der Waals surface area contributed by atoms with Crippen molar-refractivity contribution in [2.45, 2.75) is 45.2 Å². The Labute approximate surface area is 150 Å². The van der Waals surface area contributed by atoms with E-state index in [1.54, 1.807) is 0 Å². The molecule has 0 aliphatic carbocycles. The summed E-state index contributed by atoms with van der Waals surface area (Å²) in [7, 11) is 0. The van der Waals surface area contributed by atoms with E-state index in [1.165, 1.54) is 57.6 Å². The Balaban J connectivity index is 1.43. The van der Waals surface area contributed by atoms with Gasteiger partial charge in [-0.1, -0.05) is 6.07 Å². The number of likely N-dealkylation sites (tertiary alicyclic amines) is 2. The van der Waals surface area contributed by atoms with Crippen molar-refractivity contribution in [3.63, 3.8) is 0 Å². The Kier molecular flexibility index (Phi) is 5.18. The zero-order valence-corrected chi connectivity index (χ0v) is 15.3. The van der Waals surface area contributed by atoms with Crippen molar-refractivity contribution < 1.29 is 4.74 Å². The Morgan fingerprint density at radius 1 is 1.08 bits per heavy atom. The van der Waals surface area contributed by atoms with E-state index in [2.05, 4.69) is 34.1 Å². The van der Waals surface area contributed by atoms with Crippen LogP contribution in [0.25, 0.3) is 10.9 Å². The molecule has 1 aromatic carbocycles. The third-order valence-corrected chi connectivity index (χ3v) is 5.55. The molecule has 4 rings (SSSR count). The van der Waals surface area contributed by atoms with Gasteiger partial charge >= 0.3 is 0 Å². The van der Waals surface area contributed by atoms with E-state index < -0.39 is 0 Å². The highest BCUT2D eigenvalue weighted by atomic mass is 16.5. The molecule has 0 spiro atoms. The summed E-state index contributed by atoms with van der Waals surface area (Å²) in [5, 5.41) is 1.16. The lowest BCUT2D eigenvalue weighted by Gasteiger charge is -2.37. The van der Waals surface area contributed by atoms with E-state index in [1.807, 2.05) is 13.0 Å². The van der Waals surface area contributed by atoms with Crippen LogP contribution in [0.5, 0.6) is 5.75 Å². The average molecular weight is 339 g/mol. The fraction of sp³-hybridized carbons (Fsp3) is 0.571. The Morgan fingerprint density at radius 3 is 2.80 bits per heavy atom. The van der Waals surface area contributed by atoms with E-state index >= 15 is 0 Å². The standard InChI is InChI=1S/C21H29N3O/c1-2-25-20-9-10-21-17(14-20)7-8-18(22-21)15-23-11-5-6-19(16-23)24-12-3-4-13-24/h7-10,14,19H,2-6,11-13,15-16H2,1H3. The van der Waals surface area contributed by atoms with Gasteiger partial charge in [-0.2, -0.15) is 0 Å². The summed E-state index contributed by atoms with van der Waals surface area (Å²) in [4.78, 5) is 10.2. The van der Waals surface area contributed by atoms with Crippen molar-refractivity contribution in [1.82, 2.24) is 14.8 Å². The summed E-state index contributed by atoms with van der Waals surface area (Å²) in [6.07, 6.45) is 5.44. The van der Waals surface area contributed by atoms with E-state index in [0.717, 1.165) is 29.2 Å². The number of benzene rings is 1. The number of pyridine rings is 1. The molecule has 0 amide bonds. The van der Waals surface area contributed by atoms with Crippen LogP contribution in [0.2, 0.25) is 0 Å².